The molecule has 122 valence electrons. The zero-order chi connectivity index (χ0) is 16.4. The molecule has 6 nitrogen and oxygen atoms in total. The number of carbonyl (C=O) groups excluding carboxylic acids is 1. The summed E-state index contributed by atoms with van der Waals surface area (Å²) < 4.78 is 28.0. The average molecular weight is 390 g/mol. The van der Waals surface area contributed by atoms with Gasteiger partial charge in [0.2, 0.25) is 15.9 Å². The molecule has 8 heteroatoms. The molecule has 1 amide bonds. The molecule has 0 saturated carbocycles. The molecular formula is C14H20BrN3O3S. The van der Waals surface area contributed by atoms with Crippen molar-refractivity contribution in [3.63, 3.8) is 0 Å². The van der Waals surface area contributed by atoms with E-state index in [1.54, 1.807) is 0 Å². The fourth-order valence-corrected chi connectivity index (χ4v) is 4.33. The molecule has 1 fully saturated rings. The van der Waals surface area contributed by atoms with Crippen molar-refractivity contribution in [3.05, 3.63) is 28.2 Å². The highest BCUT2D eigenvalue weighted by Crippen LogP contribution is 2.27. The number of piperidine rings is 1. The number of nitrogens with two attached hydrogens (primary N) is 1. The van der Waals surface area contributed by atoms with Gasteiger partial charge in [0.25, 0.3) is 0 Å². The number of hydrogen-bond donors (Lipinski definition) is 3. The van der Waals surface area contributed by atoms with Crippen LogP contribution in [0.5, 0.6) is 0 Å². The first-order valence-corrected chi connectivity index (χ1v) is 9.30. The van der Waals surface area contributed by atoms with Gasteiger partial charge in [-0.3, -0.25) is 4.79 Å². The van der Waals surface area contributed by atoms with Crippen LogP contribution < -0.4 is 15.8 Å². The van der Waals surface area contributed by atoms with Crippen LogP contribution in [0.15, 0.2) is 27.6 Å². The molecule has 1 aliphatic heterocycles. The first-order chi connectivity index (χ1) is 10.2. The van der Waals surface area contributed by atoms with Gasteiger partial charge in [-0.1, -0.05) is 22.9 Å². The maximum absolute atomic E-state index is 12.4. The van der Waals surface area contributed by atoms with E-state index in [9.17, 15) is 13.2 Å². The number of hydrogen-bond acceptors (Lipinski definition) is 4. The Balaban J connectivity index is 2.18. The summed E-state index contributed by atoms with van der Waals surface area (Å²) in [6.07, 6.45) is 1.83. The minimum atomic E-state index is -3.68. The minimum absolute atomic E-state index is 0.0354. The smallest absolute Gasteiger partial charge is 0.248 e. The Morgan fingerprint density at radius 3 is 2.59 bits per heavy atom. The number of halogens is 1. The number of sulfonamides is 1. The molecular weight excluding hydrogens is 370 g/mol. The molecule has 1 aliphatic rings. The SMILES string of the molecule is CC1(CNS(=O)(=O)c2cc(Br)cc(C(N)=O)c2)CCNCC1. The summed E-state index contributed by atoms with van der Waals surface area (Å²) in [6, 6.07) is 4.25. The molecule has 1 heterocycles. The van der Waals surface area contributed by atoms with Gasteiger partial charge in [-0.15, -0.1) is 0 Å². The molecule has 2 rings (SSSR count). The van der Waals surface area contributed by atoms with E-state index in [4.69, 9.17) is 5.73 Å². The monoisotopic (exact) mass is 389 g/mol. The van der Waals surface area contributed by atoms with Crippen molar-refractivity contribution >= 4 is 31.9 Å². The van der Waals surface area contributed by atoms with Crippen LogP contribution in [0, 0.1) is 5.41 Å². The standard InChI is InChI=1S/C14H20BrN3O3S/c1-14(2-4-17-5-3-14)9-18-22(20,21)12-7-10(13(16)19)6-11(15)8-12/h6-8,17-18H,2-5,9H2,1H3,(H2,16,19). The van der Waals surface area contributed by atoms with Gasteiger partial charge in [0.05, 0.1) is 4.90 Å². The van der Waals surface area contributed by atoms with Crippen molar-refractivity contribution in [2.24, 2.45) is 11.1 Å². The van der Waals surface area contributed by atoms with Gasteiger partial charge in [-0.2, -0.15) is 0 Å². The summed E-state index contributed by atoms with van der Waals surface area (Å²) in [5.74, 6) is -0.664. The molecule has 0 aliphatic carbocycles. The van der Waals surface area contributed by atoms with E-state index in [0.29, 0.717) is 11.0 Å². The van der Waals surface area contributed by atoms with Crippen LogP contribution >= 0.6 is 15.9 Å². The molecule has 0 bridgehead atoms. The van der Waals surface area contributed by atoms with Crippen LogP contribution in [0.1, 0.15) is 30.1 Å². The Labute approximate surface area is 139 Å². The van der Waals surface area contributed by atoms with Gasteiger partial charge in [0.1, 0.15) is 0 Å². The fraction of sp³-hybridized carbons (Fsp3) is 0.500. The van der Waals surface area contributed by atoms with Crippen molar-refractivity contribution in [1.29, 1.82) is 0 Å². The van der Waals surface area contributed by atoms with Crippen LogP contribution in [-0.2, 0) is 10.0 Å². The second kappa shape index (κ2) is 6.66. The van der Waals surface area contributed by atoms with Gasteiger partial charge in [-0.25, -0.2) is 13.1 Å². The summed E-state index contributed by atoms with van der Waals surface area (Å²) in [5.41, 5.74) is 5.32. The predicted molar refractivity (Wildman–Crippen MR) is 88.1 cm³/mol. The lowest BCUT2D eigenvalue weighted by molar-refractivity contribution is 0.1000. The molecule has 1 aromatic carbocycles. The molecule has 0 atom stereocenters. The van der Waals surface area contributed by atoms with E-state index in [1.807, 2.05) is 0 Å². The lowest BCUT2D eigenvalue weighted by Crippen LogP contribution is -2.42. The highest BCUT2D eigenvalue weighted by molar-refractivity contribution is 9.10. The number of rotatable bonds is 5. The Morgan fingerprint density at radius 2 is 2.00 bits per heavy atom. The lowest BCUT2D eigenvalue weighted by atomic mass is 9.81. The quantitative estimate of drug-likeness (QED) is 0.704. The highest BCUT2D eigenvalue weighted by Gasteiger charge is 2.29. The van der Waals surface area contributed by atoms with Crippen molar-refractivity contribution < 1.29 is 13.2 Å². The molecule has 0 aromatic heterocycles. The Hall–Kier alpha value is -0.960. The van der Waals surface area contributed by atoms with E-state index in [2.05, 4.69) is 32.9 Å². The van der Waals surface area contributed by atoms with Crippen LogP contribution in [0.3, 0.4) is 0 Å². The van der Waals surface area contributed by atoms with Crippen molar-refractivity contribution in [3.8, 4) is 0 Å². The summed E-state index contributed by atoms with van der Waals surface area (Å²) in [7, 11) is -3.68. The number of primary amides is 1. The third-order valence-corrected chi connectivity index (χ3v) is 5.80. The summed E-state index contributed by atoms with van der Waals surface area (Å²) in [5, 5.41) is 3.26. The zero-order valence-electron chi connectivity index (χ0n) is 12.4. The number of carbonyl (C=O) groups is 1. The zero-order valence-corrected chi connectivity index (χ0v) is 14.8. The van der Waals surface area contributed by atoms with E-state index in [0.717, 1.165) is 25.9 Å². The lowest BCUT2D eigenvalue weighted by Gasteiger charge is -2.34. The third-order valence-electron chi connectivity index (χ3n) is 3.97. The van der Waals surface area contributed by atoms with Gasteiger partial charge in [0.15, 0.2) is 0 Å². The van der Waals surface area contributed by atoms with Crippen molar-refractivity contribution in [2.75, 3.05) is 19.6 Å². The van der Waals surface area contributed by atoms with Crippen LogP contribution in [0.2, 0.25) is 0 Å². The maximum Gasteiger partial charge on any atom is 0.248 e. The molecule has 22 heavy (non-hydrogen) atoms. The Morgan fingerprint density at radius 1 is 1.36 bits per heavy atom. The van der Waals surface area contributed by atoms with E-state index >= 15 is 0 Å². The summed E-state index contributed by atoms with van der Waals surface area (Å²) >= 11 is 3.20. The number of nitrogens with one attached hydrogen (secondary N) is 2. The van der Waals surface area contributed by atoms with Crippen molar-refractivity contribution in [1.82, 2.24) is 10.0 Å². The normalized spacial score (nSPS) is 18.1. The molecule has 1 aromatic rings. The molecule has 1 saturated heterocycles. The third kappa shape index (κ3) is 4.28. The predicted octanol–water partition coefficient (Wildman–Crippen LogP) is 1.22. The summed E-state index contributed by atoms with van der Waals surface area (Å²) in [6.45, 7) is 4.23. The minimum Gasteiger partial charge on any atom is -0.366 e. The van der Waals surface area contributed by atoms with Gasteiger partial charge >= 0.3 is 0 Å². The van der Waals surface area contributed by atoms with Gasteiger partial charge in [-0.05, 0) is 49.5 Å². The fourth-order valence-electron chi connectivity index (χ4n) is 2.42. The van der Waals surface area contributed by atoms with Crippen molar-refractivity contribution in [2.45, 2.75) is 24.7 Å². The van der Waals surface area contributed by atoms with Crippen LogP contribution in [-0.4, -0.2) is 34.0 Å². The molecule has 4 N–H and O–H groups in total. The first-order valence-electron chi connectivity index (χ1n) is 7.03. The second-order valence-electron chi connectivity index (χ2n) is 5.93. The first kappa shape index (κ1) is 17.4. The van der Waals surface area contributed by atoms with Gasteiger partial charge < -0.3 is 11.1 Å². The Kier molecular flexibility index (Phi) is 5.26. The molecule has 0 unspecified atom stereocenters. The maximum atomic E-state index is 12.4. The Bertz CT molecular complexity index is 670. The summed E-state index contributed by atoms with van der Waals surface area (Å²) in [4.78, 5) is 11.3. The average Bonchev–Trinajstić information content (AvgIpc) is 2.45. The number of benzene rings is 1. The van der Waals surface area contributed by atoms with E-state index < -0.39 is 15.9 Å². The van der Waals surface area contributed by atoms with Gasteiger partial charge in [0, 0.05) is 16.6 Å². The van der Waals surface area contributed by atoms with E-state index in [-0.39, 0.29) is 15.9 Å². The largest absolute Gasteiger partial charge is 0.366 e. The molecule has 0 radical (unpaired) electrons. The topological polar surface area (TPSA) is 101 Å². The highest BCUT2D eigenvalue weighted by atomic mass is 79.9. The molecule has 0 spiro atoms. The second-order valence-corrected chi connectivity index (χ2v) is 8.61. The number of amides is 1. The van der Waals surface area contributed by atoms with Crippen LogP contribution in [0.4, 0.5) is 0 Å². The van der Waals surface area contributed by atoms with Crippen LogP contribution in [0.25, 0.3) is 0 Å². The van der Waals surface area contributed by atoms with E-state index in [1.165, 1.54) is 18.2 Å².